The number of ether oxygens (including phenoxy) is 1. The highest BCUT2D eigenvalue weighted by molar-refractivity contribution is 5.76. The van der Waals surface area contributed by atoms with Gasteiger partial charge < -0.3 is 20.3 Å². The van der Waals surface area contributed by atoms with Crippen molar-refractivity contribution in [3.8, 4) is 0 Å². The Hall–Kier alpha value is -2.18. The molecule has 6 nitrogen and oxygen atoms in total. The minimum atomic E-state index is -0.850. The van der Waals surface area contributed by atoms with Gasteiger partial charge in [-0.2, -0.15) is 0 Å². The van der Waals surface area contributed by atoms with Crippen molar-refractivity contribution in [3.63, 3.8) is 0 Å². The van der Waals surface area contributed by atoms with Gasteiger partial charge in [-0.05, 0) is 77.0 Å². The predicted molar refractivity (Wildman–Crippen MR) is 319 cm³/mol. The molecule has 0 aliphatic carbocycles. The minimum absolute atomic E-state index is 0.0444. The van der Waals surface area contributed by atoms with Crippen molar-refractivity contribution in [2.75, 3.05) is 13.2 Å². The molecule has 428 valence electrons. The molecule has 0 aromatic rings. The monoisotopic (exact) mass is 1020 g/mol. The number of carbonyl (C=O) groups excluding carboxylic acids is 2. The summed E-state index contributed by atoms with van der Waals surface area (Å²) in [7, 11) is 0. The maximum absolute atomic E-state index is 12.5. The van der Waals surface area contributed by atoms with Crippen LogP contribution in [0.2, 0.25) is 0 Å². The number of esters is 1. The van der Waals surface area contributed by atoms with Crippen LogP contribution in [0, 0.1) is 0 Å². The molecule has 1 amide bonds. The zero-order chi connectivity index (χ0) is 52.9. The molecular formula is C67H125NO5. The zero-order valence-electron chi connectivity index (χ0n) is 48.9. The normalized spacial score (nSPS) is 12.9. The van der Waals surface area contributed by atoms with Crippen molar-refractivity contribution in [3.05, 3.63) is 48.6 Å². The van der Waals surface area contributed by atoms with Gasteiger partial charge >= 0.3 is 5.97 Å². The van der Waals surface area contributed by atoms with Crippen molar-refractivity contribution in [2.45, 2.75) is 353 Å². The third-order valence-corrected chi connectivity index (χ3v) is 14.8. The van der Waals surface area contributed by atoms with Crippen LogP contribution in [0.3, 0.4) is 0 Å². The van der Waals surface area contributed by atoms with Crippen LogP contribution in [-0.2, 0) is 14.3 Å². The molecule has 6 heteroatoms. The van der Waals surface area contributed by atoms with Gasteiger partial charge in [0.05, 0.1) is 25.4 Å². The first kappa shape index (κ1) is 70.8. The minimum Gasteiger partial charge on any atom is -0.465 e. The summed E-state index contributed by atoms with van der Waals surface area (Å²) in [6, 6.07) is -0.634. The molecule has 0 rings (SSSR count). The van der Waals surface area contributed by atoms with E-state index in [-0.39, 0.29) is 18.5 Å². The molecule has 2 unspecified atom stereocenters. The maximum atomic E-state index is 12.5. The van der Waals surface area contributed by atoms with Crippen LogP contribution in [0.5, 0.6) is 0 Å². The van der Waals surface area contributed by atoms with E-state index in [2.05, 4.69) is 55.6 Å². The smallest absolute Gasteiger partial charge is 0.305 e. The molecule has 0 aromatic carbocycles. The highest BCUT2D eigenvalue weighted by Crippen LogP contribution is 2.17. The summed E-state index contributed by atoms with van der Waals surface area (Å²) in [5, 5.41) is 23.2. The van der Waals surface area contributed by atoms with Crippen molar-refractivity contribution < 1.29 is 24.5 Å². The van der Waals surface area contributed by atoms with E-state index in [9.17, 15) is 19.8 Å². The topological polar surface area (TPSA) is 95.9 Å². The van der Waals surface area contributed by atoms with E-state index in [4.69, 9.17) is 4.74 Å². The Morgan fingerprint density at radius 3 is 1.05 bits per heavy atom. The largest absolute Gasteiger partial charge is 0.465 e. The average molecular weight is 1020 g/mol. The summed E-state index contributed by atoms with van der Waals surface area (Å²) in [5.74, 6) is -0.115. The third-order valence-electron chi connectivity index (χ3n) is 14.8. The van der Waals surface area contributed by atoms with Gasteiger partial charge in [0.1, 0.15) is 0 Å². The second-order valence-electron chi connectivity index (χ2n) is 22.1. The first-order valence-corrected chi connectivity index (χ1v) is 32.4. The van der Waals surface area contributed by atoms with Gasteiger partial charge in [0.25, 0.3) is 0 Å². The van der Waals surface area contributed by atoms with Crippen LogP contribution in [0.25, 0.3) is 0 Å². The van der Waals surface area contributed by atoms with E-state index < -0.39 is 12.1 Å². The van der Waals surface area contributed by atoms with E-state index in [1.807, 2.05) is 6.08 Å². The first-order chi connectivity index (χ1) is 36.0. The SMILES string of the molecule is CCCCCCC/C=C\CCCCCCCC(=O)OCC/C=C\C/C=C\CCCCCCCCCCCCCCCCC(=O)NC(CO)C(O)/C=C/CCCCCCCCCCCCCCCCCCCCC. The fourth-order valence-corrected chi connectivity index (χ4v) is 9.88. The number of rotatable bonds is 60. The number of amides is 1. The molecule has 0 aliphatic rings. The summed E-state index contributed by atoms with van der Waals surface area (Å²) in [5.41, 5.74) is 0. The number of allylic oxidation sites excluding steroid dienone is 6. The van der Waals surface area contributed by atoms with Gasteiger partial charge in [-0.15, -0.1) is 0 Å². The Labute approximate surface area is 455 Å². The molecule has 73 heavy (non-hydrogen) atoms. The summed E-state index contributed by atoms with van der Waals surface area (Å²) in [6.45, 7) is 4.80. The highest BCUT2D eigenvalue weighted by atomic mass is 16.5. The summed E-state index contributed by atoms with van der Waals surface area (Å²) in [6.07, 6.45) is 80.3. The van der Waals surface area contributed by atoms with Crippen molar-refractivity contribution >= 4 is 11.9 Å². The molecule has 0 bridgehead atoms. The van der Waals surface area contributed by atoms with E-state index in [1.54, 1.807) is 6.08 Å². The molecule has 0 saturated heterocycles. The molecule has 0 saturated carbocycles. The van der Waals surface area contributed by atoms with Crippen LogP contribution in [0.15, 0.2) is 48.6 Å². The quantitative estimate of drug-likeness (QED) is 0.0320. The van der Waals surface area contributed by atoms with Gasteiger partial charge in [-0.1, -0.05) is 300 Å². The van der Waals surface area contributed by atoms with Crippen LogP contribution in [-0.4, -0.2) is 47.4 Å². The van der Waals surface area contributed by atoms with E-state index in [0.29, 0.717) is 19.4 Å². The van der Waals surface area contributed by atoms with Crippen molar-refractivity contribution in [1.29, 1.82) is 0 Å². The van der Waals surface area contributed by atoms with Gasteiger partial charge in [0.2, 0.25) is 5.91 Å². The summed E-state index contributed by atoms with van der Waals surface area (Å²) >= 11 is 0. The lowest BCUT2D eigenvalue weighted by Crippen LogP contribution is -2.45. The number of carbonyl (C=O) groups is 2. The molecule has 0 fully saturated rings. The molecule has 3 N–H and O–H groups in total. The standard InChI is InChI=1S/C67H125NO5/c1-3-5-7-9-11-13-15-17-19-20-21-23-26-29-32-35-39-43-47-51-55-59-65(70)64(63-69)68-66(71)60-56-52-48-44-40-36-33-30-27-24-22-25-28-31-34-38-42-46-50-54-58-62-73-67(72)61-57-53-49-45-41-37-18-16-14-12-10-8-6-4-2/h16,18,38,42,50,54-55,59,64-65,69-70H,3-15,17,19-37,39-41,43-49,51-53,56-58,60-63H2,1-2H3,(H,68,71)/b18-16-,42-38-,54-50-,59-55+. The number of aliphatic hydroxyl groups is 2. The van der Waals surface area contributed by atoms with Crippen LogP contribution >= 0.6 is 0 Å². The van der Waals surface area contributed by atoms with Crippen LogP contribution in [0.1, 0.15) is 341 Å². The second-order valence-corrected chi connectivity index (χ2v) is 22.1. The molecular weight excluding hydrogens is 899 g/mol. The fourth-order valence-electron chi connectivity index (χ4n) is 9.88. The van der Waals surface area contributed by atoms with E-state index in [1.165, 1.54) is 263 Å². The van der Waals surface area contributed by atoms with Crippen molar-refractivity contribution in [2.24, 2.45) is 0 Å². The summed E-state index contributed by atoms with van der Waals surface area (Å²) < 4.78 is 5.41. The lowest BCUT2D eigenvalue weighted by atomic mass is 10.0. The lowest BCUT2D eigenvalue weighted by Gasteiger charge is -2.20. The van der Waals surface area contributed by atoms with Crippen molar-refractivity contribution in [1.82, 2.24) is 5.32 Å². The molecule has 0 aromatic heterocycles. The van der Waals surface area contributed by atoms with E-state index >= 15 is 0 Å². The number of unbranched alkanes of at least 4 members (excludes halogenated alkanes) is 43. The number of hydrogen-bond acceptors (Lipinski definition) is 5. The molecule has 0 radical (unpaired) electrons. The third kappa shape index (κ3) is 58.9. The summed E-state index contributed by atoms with van der Waals surface area (Å²) in [4.78, 5) is 24.5. The number of nitrogens with one attached hydrogen (secondary N) is 1. The van der Waals surface area contributed by atoms with Crippen LogP contribution < -0.4 is 5.32 Å². The Bertz CT molecular complexity index is 1230. The Morgan fingerprint density at radius 2 is 0.685 bits per heavy atom. The zero-order valence-corrected chi connectivity index (χ0v) is 48.9. The van der Waals surface area contributed by atoms with Crippen LogP contribution in [0.4, 0.5) is 0 Å². The highest BCUT2D eigenvalue weighted by Gasteiger charge is 2.18. The van der Waals surface area contributed by atoms with Gasteiger partial charge in [-0.25, -0.2) is 0 Å². The first-order valence-electron chi connectivity index (χ1n) is 32.4. The molecule has 0 spiro atoms. The average Bonchev–Trinajstić information content (AvgIpc) is 3.39. The number of aliphatic hydroxyl groups excluding tert-OH is 2. The fraction of sp³-hybridized carbons (Fsp3) is 0.851. The molecule has 2 atom stereocenters. The van der Waals surface area contributed by atoms with Gasteiger partial charge in [-0.3, -0.25) is 9.59 Å². The predicted octanol–water partition coefficient (Wildman–Crippen LogP) is 20.5. The maximum Gasteiger partial charge on any atom is 0.305 e. The second kappa shape index (κ2) is 62.4. The van der Waals surface area contributed by atoms with E-state index in [0.717, 1.165) is 51.4 Å². The Balaban J connectivity index is 3.49. The molecule has 0 heterocycles. The number of hydrogen-bond donors (Lipinski definition) is 3. The van der Waals surface area contributed by atoms with Gasteiger partial charge in [0.15, 0.2) is 0 Å². The molecule has 0 aliphatic heterocycles. The lowest BCUT2D eigenvalue weighted by molar-refractivity contribution is -0.143. The van der Waals surface area contributed by atoms with Gasteiger partial charge in [0, 0.05) is 12.8 Å². The Morgan fingerprint density at radius 1 is 0.384 bits per heavy atom. The Kier molecular flexibility index (Phi) is 60.5.